The second-order valence-corrected chi connectivity index (χ2v) is 5.30. The molecule has 2 rings (SSSR count). The van der Waals surface area contributed by atoms with Crippen molar-refractivity contribution in [2.24, 2.45) is 0 Å². The molecule has 0 saturated carbocycles. The minimum Gasteiger partial charge on any atom is -0.492 e. The fourth-order valence-electron chi connectivity index (χ4n) is 1.83. The summed E-state index contributed by atoms with van der Waals surface area (Å²) in [6.07, 6.45) is 0. The summed E-state index contributed by atoms with van der Waals surface area (Å²) >= 11 is 3.44. The van der Waals surface area contributed by atoms with E-state index in [0.717, 1.165) is 16.8 Å². The Bertz CT molecular complexity index is 484. The van der Waals surface area contributed by atoms with Crippen LogP contribution in [0.15, 0.2) is 59.1 Å². The SMILES string of the molecule is C[C@@H](NCCOc1ccccc1)c1ccc(Br)cc1. The first-order valence-corrected chi connectivity index (χ1v) is 7.22. The van der Waals surface area contributed by atoms with Gasteiger partial charge in [0.25, 0.3) is 0 Å². The Morgan fingerprint density at radius 1 is 1.05 bits per heavy atom. The summed E-state index contributed by atoms with van der Waals surface area (Å²) < 4.78 is 6.75. The summed E-state index contributed by atoms with van der Waals surface area (Å²) in [4.78, 5) is 0. The molecule has 0 aliphatic rings. The van der Waals surface area contributed by atoms with E-state index in [0.29, 0.717) is 12.6 Å². The lowest BCUT2D eigenvalue weighted by molar-refractivity contribution is 0.307. The van der Waals surface area contributed by atoms with Crippen LogP contribution in [0.25, 0.3) is 0 Å². The van der Waals surface area contributed by atoms with Gasteiger partial charge in [-0.2, -0.15) is 0 Å². The quantitative estimate of drug-likeness (QED) is 0.806. The van der Waals surface area contributed by atoms with Crippen LogP contribution in [0.4, 0.5) is 0 Å². The van der Waals surface area contributed by atoms with Gasteiger partial charge in [-0.1, -0.05) is 46.3 Å². The van der Waals surface area contributed by atoms with Gasteiger partial charge in [0.1, 0.15) is 12.4 Å². The second kappa shape index (κ2) is 7.31. The molecular formula is C16H18BrNO. The first-order chi connectivity index (χ1) is 9.25. The van der Waals surface area contributed by atoms with Crippen molar-refractivity contribution >= 4 is 15.9 Å². The Morgan fingerprint density at radius 3 is 2.42 bits per heavy atom. The van der Waals surface area contributed by atoms with Crippen molar-refractivity contribution in [3.63, 3.8) is 0 Å². The summed E-state index contributed by atoms with van der Waals surface area (Å²) in [6.45, 7) is 3.66. The molecule has 0 fully saturated rings. The number of nitrogens with one attached hydrogen (secondary N) is 1. The average molecular weight is 320 g/mol. The molecule has 0 spiro atoms. The Morgan fingerprint density at radius 2 is 1.74 bits per heavy atom. The van der Waals surface area contributed by atoms with Crippen LogP contribution in [-0.2, 0) is 0 Å². The van der Waals surface area contributed by atoms with Crippen molar-refractivity contribution in [3.05, 3.63) is 64.6 Å². The van der Waals surface area contributed by atoms with Crippen molar-refractivity contribution in [2.75, 3.05) is 13.2 Å². The second-order valence-electron chi connectivity index (χ2n) is 4.39. The number of halogens is 1. The molecule has 2 nitrogen and oxygen atoms in total. The van der Waals surface area contributed by atoms with Crippen LogP contribution in [0, 0.1) is 0 Å². The molecule has 0 aliphatic carbocycles. The first kappa shape index (κ1) is 14.1. The number of para-hydroxylation sites is 1. The van der Waals surface area contributed by atoms with Crippen molar-refractivity contribution in [1.82, 2.24) is 5.32 Å². The third-order valence-electron chi connectivity index (χ3n) is 2.93. The van der Waals surface area contributed by atoms with E-state index in [1.165, 1.54) is 5.56 Å². The standard InChI is InChI=1S/C16H18BrNO/c1-13(14-7-9-15(17)10-8-14)18-11-12-19-16-5-3-2-4-6-16/h2-10,13,18H,11-12H2,1H3/t13-/m1/s1. The fourth-order valence-corrected chi connectivity index (χ4v) is 2.09. The number of benzene rings is 2. The molecule has 0 unspecified atom stereocenters. The molecule has 0 amide bonds. The molecule has 0 bridgehead atoms. The molecule has 100 valence electrons. The van der Waals surface area contributed by atoms with Crippen molar-refractivity contribution in [3.8, 4) is 5.75 Å². The summed E-state index contributed by atoms with van der Waals surface area (Å²) in [7, 11) is 0. The summed E-state index contributed by atoms with van der Waals surface area (Å²) in [5, 5.41) is 3.45. The van der Waals surface area contributed by atoms with Crippen molar-refractivity contribution in [2.45, 2.75) is 13.0 Å². The van der Waals surface area contributed by atoms with Gasteiger partial charge in [0.15, 0.2) is 0 Å². The van der Waals surface area contributed by atoms with Crippen LogP contribution in [0.2, 0.25) is 0 Å². The minimum absolute atomic E-state index is 0.326. The van der Waals surface area contributed by atoms with Gasteiger partial charge < -0.3 is 10.1 Å². The lowest BCUT2D eigenvalue weighted by Gasteiger charge is -2.14. The molecule has 1 N–H and O–H groups in total. The van der Waals surface area contributed by atoms with E-state index in [-0.39, 0.29) is 0 Å². The summed E-state index contributed by atoms with van der Waals surface area (Å²) in [6, 6.07) is 18.6. The van der Waals surface area contributed by atoms with Gasteiger partial charge in [0.05, 0.1) is 0 Å². The third kappa shape index (κ3) is 4.69. The maximum atomic E-state index is 5.64. The largest absolute Gasteiger partial charge is 0.492 e. The highest BCUT2D eigenvalue weighted by Crippen LogP contribution is 2.16. The van der Waals surface area contributed by atoms with Crippen LogP contribution in [0.1, 0.15) is 18.5 Å². The van der Waals surface area contributed by atoms with Gasteiger partial charge >= 0.3 is 0 Å². The van der Waals surface area contributed by atoms with E-state index in [1.54, 1.807) is 0 Å². The molecule has 2 aromatic carbocycles. The molecule has 0 radical (unpaired) electrons. The summed E-state index contributed by atoms with van der Waals surface area (Å²) in [5.41, 5.74) is 1.28. The zero-order valence-corrected chi connectivity index (χ0v) is 12.6. The monoisotopic (exact) mass is 319 g/mol. The van der Waals surface area contributed by atoms with Gasteiger partial charge in [-0.3, -0.25) is 0 Å². The van der Waals surface area contributed by atoms with E-state index in [1.807, 2.05) is 30.3 Å². The maximum absolute atomic E-state index is 5.64. The van der Waals surface area contributed by atoms with Crippen LogP contribution in [0.5, 0.6) is 5.75 Å². The normalized spacial score (nSPS) is 12.1. The predicted molar refractivity (Wildman–Crippen MR) is 82.5 cm³/mol. The predicted octanol–water partition coefficient (Wildman–Crippen LogP) is 4.18. The van der Waals surface area contributed by atoms with E-state index in [2.05, 4.69) is 52.4 Å². The van der Waals surface area contributed by atoms with Gasteiger partial charge in [-0.25, -0.2) is 0 Å². The van der Waals surface area contributed by atoms with Crippen molar-refractivity contribution in [1.29, 1.82) is 0 Å². The number of rotatable bonds is 6. The minimum atomic E-state index is 0.326. The summed E-state index contributed by atoms with van der Waals surface area (Å²) in [5.74, 6) is 0.917. The number of hydrogen-bond acceptors (Lipinski definition) is 2. The van der Waals surface area contributed by atoms with Crippen LogP contribution in [-0.4, -0.2) is 13.2 Å². The third-order valence-corrected chi connectivity index (χ3v) is 3.46. The lowest BCUT2D eigenvalue weighted by Crippen LogP contribution is -2.24. The highest BCUT2D eigenvalue weighted by atomic mass is 79.9. The Labute approximate surface area is 122 Å². The Hall–Kier alpha value is -1.32. The highest BCUT2D eigenvalue weighted by Gasteiger charge is 2.03. The topological polar surface area (TPSA) is 21.3 Å². The molecule has 0 heterocycles. The Balaban J connectivity index is 1.72. The van der Waals surface area contributed by atoms with Crippen LogP contribution >= 0.6 is 15.9 Å². The molecule has 0 aromatic heterocycles. The average Bonchev–Trinajstić information content (AvgIpc) is 2.45. The molecular weight excluding hydrogens is 302 g/mol. The Kier molecular flexibility index (Phi) is 5.43. The zero-order valence-electron chi connectivity index (χ0n) is 11.0. The van der Waals surface area contributed by atoms with Crippen LogP contribution in [0.3, 0.4) is 0 Å². The first-order valence-electron chi connectivity index (χ1n) is 6.42. The number of hydrogen-bond donors (Lipinski definition) is 1. The molecule has 19 heavy (non-hydrogen) atoms. The van der Waals surface area contributed by atoms with Crippen LogP contribution < -0.4 is 10.1 Å². The lowest BCUT2D eigenvalue weighted by atomic mass is 10.1. The van der Waals surface area contributed by atoms with Gasteiger partial charge in [0.2, 0.25) is 0 Å². The van der Waals surface area contributed by atoms with E-state index < -0.39 is 0 Å². The van der Waals surface area contributed by atoms with E-state index in [4.69, 9.17) is 4.74 Å². The zero-order chi connectivity index (χ0) is 13.5. The molecule has 0 saturated heterocycles. The maximum Gasteiger partial charge on any atom is 0.119 e. The highest BCUT2D eigenvalue weighted by molar-refractivity contribution is 9.10. The molecule has 1 atom stereocenters. The fraction of sp³-hybridized carbons (Fsp3) is 0.250. The van der Waals surface area contributed by atoms with Gasteiger partial charge in [0, 0.05) is 17.1 Å². The molecule has 0 aliphatic heterocycles. The molecule has 3 heteroatoms. The van der Waals surface area contributed by atoms with Gasteiger partial charge in [-0.15, -0.1) is 0 Å². The molecule has 2 aromatic rings. The van der Waals surface area contributed by atoms with E-state index >= 15 is 0 Å². The number of ether oxygens (including phenoxy) is 1. The smallest absolute Gasteiger partial charge is 0.119 e. The van der Waals surface area contributed by atoms with Crippen molar-refractivity contribution < 1.29 is 4.74 Å². The van der Waals surface area contributed by atoms with Gasteiger partial charge in [-0.05, 0) is 36.8 Å². The van der Waals surface area contributed by atoms with E-state index in [9.17, 15) is 0 Å².